The number of carbonyl (C=O) groups is 1. The highest BCUT2D eigenvalue weighted by Crippen LogP contribution is 2.23. The van der Waals surface area contributed by atoms with Crippen LogP contribution in [0.25, 0.3) is 0 Å². The summed E-state index contributed by atoms with van der Waals surface area (Å²) in [5.74, 6) is 0.520. The molecule has 2 heterocycles. The summed E-state index contributed by atoms with van der Waals surface area (Å²) in [6, 6.07) is 0.271. The fourth-order valence-electron chi connectivity index (χ4n) is 3.12. The molecule has 116 valence electrons. The minimum absolute atomic E-state index is 0.0873. The van der Waals surface area contributed by atoms with Crippen LogP contribution >= 0.6 is 0 Å². The molecule has 2 aliphatic rings. The fraction of sp³-hybridized carbons (Fsp3) is 0.933. The lowest BCUT2D eigenvalue weighted by Crippen LogP contribution is -2.42. The molecule has 5 nitrogen and oxygen atoms in total. The van der Waals surface area contributed by atoms with Gasteiger partial charge in [-0.2, -0.15) is 0 Å². The molecule has 0 aliphatic carbocycles. The molecule has 2 fully saturated rings. The van der Waals surface area contributed by atoms with Crippen LogP contribution in [0.2, 0.25) is 0 Å². The van der Waals surface area contributed by atoms with E-state index < -0.39 is 0 Å². The number of hydrogen-bond donors (Lipinski definition) is 1. The van der Waals surface area contributed by atoms with Crippen molar-refractivity contribution in [2.24, 2.45) is 11.7 Å². The van der Waals surface area contributed by atoms with Crippen LogP contribution in [0.3, 0.4) is 0 Å². The SMILES string of the molecule is CC(OCC1CCCCO1)C(=O)N1CC(CN)CC1C. The van der Waals surface area contributed by atoms with Crippen LogP contribution in [0, 0.1) is 5.92 Å². The lowest BCUT2D eigenvalue weighted by Gasteiger charge is -2.27. The zero-order chi connectivity index (χ0) is 14.5. The first kappa shape index (κ1) is 15.7. The molecular formula is C15H28N2O3. The average molecular weight is 284 g/mol. The molecule has 0 aromatic carbocycles. The Balaban J connectivity index is 1.76. The molecule has 0 aromatic rings. The zero-order valence-corrected chi connectivity index (χ0v) is 12.7. The number of ether oxygens (including phenoxy) is 2. The molecule has 0 radical (unpaired) electrons. The van der Waals surface area contributed by atoms with Gasteiger partial charge in [0, 0.05) is 19.2 Å². The van der Waals surface area contributed by atoms with Crippen molar-refractivity contribution in [3.8, 4) is 0 Å². The molecule has 2 rings (SSSR count). The van der Waals surface area contributed by atoms with Gasteiger partial charge in [-0.05, 0) is 52.0 Å². The molecule has 4 unspecified atom stereocenters. The minimum atomic E-state index is -0.389. The van der Waals surface area contributed by atoms with Gasteiger partial charge in [-0.3, -0.25) is 4.79 Å². The van der Waals surface area contributed by atoms with Gasteiger partial charge in [0.05, 0.1) is 12.7 Å². The average Bonchev–Trinajstić information content (AvgIpc) is 2.86. The van der Waals surface area contributed by atoms with E-state index in [1.807, 2.05) is 11.8 Å². The van der Waals surface area contributed by atoms with Crippen molar-refractivity contribution >= 4 is 5.91 Å². The first-order chi connectivity index (χ1) is 9.61. The van der Waals surface area contributed by atoms with E-state index in [4.69, 9.17) is 15.2 Å². The number of nitrogens with zero attached hydrogens (tertiary/aromatic N) is 1. The molecule has 0 aromatic heterocycles. The Morgan fingerprint density at radius 3 is 2.90 bits per heavy atom. The van der Waals surface area contributed by atoms with E-state index >= 15 is 0 Å². The van der Waals surface area contributed by atoms with E-state index in [0.29, 0.717) is 19.1 Å². The van der Waals surface area contributed by atoms with Crippen molar-refractivity contribution in [3.63, 3.8) is 0 Å². The van der Waals surface area contributed by atoms with E-state index in [-0.39, 0.29) is 24.2 Å². The van der Waals surface area contributed by atoms with Crippen LogP contribution in [0.4, 0.5) is 0 Å². The van der Waals surface area contributed by atoms with E-state index in [1.165, 1.54) is 6.42 Å². The maximum Gasteiger partial charge on any atom is 0.251 e. The fourth-order valence-corrected chi connectivity index (χ4v) is 3.12. The molecule has 0 saturated carbocycles. The standard InChI is InChI=1S/C15H28N2O3/c1-11-7-13(8-16)9-17(11)15(18)12(2)20-10-14-5-3-4-6-19-14/h11-14H,3-10,16H2,1-2H3. The Morgan fingerprint density at radius 2 is 2.30 bits per heavy atom. The Bertz CT molecular complexity index is 318. The summed E-state index contributed by atoms with van der Waals surface area (Å²) in [7, 11) is 0. The summed E-state index contributed by atoms with van der Waals surface area (Å²) in [4.78, 5) is 14.3. The van der Waals surface area contributed by atoms with Gasteiger partial charge in [0.1, 0.15) is 6.10 Å². The van der Waals surface area contributed by atoms with Crippen LogP contribution in [-0.4, -0.2) is 55.4 Å². The number of hydrogen-bond acceptors (Lipinski definition) is 4. The molecular weight excluding hydrogens is 256 g/mol. The molecule has 1 amide bonds. The number of nitrogens with two attached hydrogens (primary N) is 1. The lowest BCUT2D eigenvalue weighted by atomic mass is 10.1. The van der Waals surface area contributed by atoms with Gasteiger partial charge in [-0.25, -0.2) is 0 Å². The van der Waals surface area contributed by atoms with E-state index in [1.54, 1.807) is 0 Å². The summed E-state index contributed by atoms with van der Waals surface area (Å²) >= 11 is 0. The third kappa shape index (κ3) is 3.93. The van der Waals surface area contributed by atoms with Crippen molar-refractivity contribution in [2.45, 2.75) is 57.8 Å². The highest BCUT2D eigenvalue weighted by molar-refractivity contribution is 5.81. The second-order valence-corrected chi connectivity index (χ2v) is 6.14. The second kappa shape index (κ2) is 7.38. The van der Waals surface area contributed by atoms with Crippen molar-refractivity contribution in [2.75, 3.05) is 26.3 Å². The highest BCUT2D eigenvalue weighted by atomic mass is 16.5. The van der Waals surface area contributed by atoms with Crippen molar-refractivity contribution in [3.05, 3.63) is 0 Å². The molecule has 0 bridgehead atoms. The summed E-state index contributed by atoms with van der Waals surface area (Å²) in [5, 5.41) is 0. The van der Waals surface area contributed by atoms with Crippen LogP contribution in [0.15, 0.2) is 0 Å². The van der Waals surface area contributed by atoms with Crippen molar-refractivity contribution < 1.29 is 14.3 Å². The van der Waals surface area contributed by atoms with Crippen LogP contribution < -0.4 is 5.73 Å². The van der Waals surface area contributed by atoms with Gasteiger partial charge in [0.2, 0.25) is 0 Å². The molecule has 2 N–H and O–H groups in total. The van der Waals surface area contributed by atoms with Gasteiger partial charge in [-0.1, -0.05) is 0 Å². The second-order valence-electron chi connectivity index (χ2n) is 6.14. The first-order valence-corrected chi connectivity index (χ1v) is 7.85. The van der Waals surface area contributed by atoms with Crippen LogP contribution in [-0.2, 0) is 14.3 Å². The zero-order valence-electron chi connectivity index (χ0n) is 12.7. The number of rotatable bonds is 5. The number of likely N-dealkylation sites (tertiary alicyclic amines) is 1. The van der Waals surface area contributed by atoms with Gasteiger partial charge in [0.25, 0.3) is 5.91 Å². The Hall–Kier alpha value is -0.650. The molecule has 4 atom stereocenters. The van der Waals surface area contributed by atoms with Crippen LogP contribution in [0.5, 0.6) is 0 Å². The largest absolute Gasteiger partial charge is 0.376 e. The van der Waals surface area contributed by atoms with Gasteiger partial charge < -0.3 is 20.1 Å². The van der Waals surface area contributed by atoms with Gasteiger partial charge in [-0.15, -0.1) is 0 Å². The Kier molecular flexibility index (Phi) is 5.81. The summed E-state index contributed by atoms with van der Waals surface area (Å²) in [5.41, 5.74) is 5.70. The molecule has 20 heavy (non-hydrogen) atoms. The van der Waals surface area contributed by atoms with Crippen molar-refractivity contribution in [1.29, 1.82) is 0 Å². The first-order valence-electron chi connectivity index (χ1n) is 7.85. The minimum Gasteiger partial charge on any atom is -0.376 e. The Labute approximate surface area is 121 Å². The summed E-state index contributed by atoms with van der Waals surface area (Å²) in [6.45, 7) is 6.69. The smallest absolute Gasteiger partial charge is 0.251 e. The summed E-state index contributed by atoms with van der Waals surface area (Å²) in [6.07, 6.45) is 4.14. The van der Waals surface area contributed by atoms with E-state index in [0.717, 1.165) is 32.4 Å². The lowest BCUT2D eigenvalue weighted by molar-refractivity contribution is -0.146. The highest BCUT2D eigenvalue weighted by Gasteiger charge is 2.34. The molecule has 2 aliphatic heterocycles. The van der Waals surface area contributed by atoms with Crippen LogP contribution in [0.1, 0.15) is 39.5 Å². The normalized spacial score (nSPS) is 32.4. The maximum absolute atomic E-state index is 12.4. The number of amides is 1. The van der Waals surface area contributed by atoms with Crippen molar-refractivity contribution in [1.82, 2.24) is 4.90 Å². The molecule has 2 saturated heterocycles. The third-order valence-electron chi connectivity index (χ3n) is 4.43. The topological polar surface area (TPSA) is 64.8 Å². The van der Waals surface area contributed by atoms with Gasteiger partial charge in [0.15, 0.2) is 0 Å². The summed E-state index contributed by atoms with van der Waals surface area (Å²) < 4.78 is 11.3. The monoisotopic (exact) mass is 284 g/mol. The Morgan fingerprint density at radius 1 is 1.50 bits per heavy atom. The predicted octanol–water partition coefficient (Wildman–Crippen LogP) is 1.16. The van der Waals surface area contributed by atoms with Gasteiger partial charge >= 0.3 is 0 Å². The number of carbonyl (C=O) groups excluding carboxylic acids is 1. The quantitative estimate of drug-likeness (QED) is 0.822. The van der Waals surface area contributed by atoms with E-state index in [9.17, 15) is 4.79 Å². The third-order valence-corrected chi connectivity index (χ3v) is 4.43. The van der Waals surface area contributed by atoms with E-state index in [2.05, 4.69) is 6.92 Å². The molecule has 5 heteroatoms. The molecule has 0 spiro atoms. The predicted molar refractivity (Wildman–Crippen MR) is 77.3 cm³/mol. The maximum atomic E-state index is 12.4.